The first-order valence-electron chi connectivity index (χ1n) is 9.91. The third kappa shape index (κ3) is 1.92. The summed E-state index contributed by atoms with van der Waals surface area (Å²) < 4.78 is 8.35. The van der Waals surface area contributed by atoms with Gasteiger partial charge in [0.25, 0.3) is 0 Å². The van der Waals surface area contributed by atoms with Crippen LogP contribution in [0.1, 0.15) is 24.0 Å². The van der Waals surface area contributed by atoms with Gasteiger partial charge in [-0.25, -0.2) is 4.99 Å². The van der Waals surface area contributed by atoms with E-state index < -0.39 is 10.2 Å². The quantitative estimate of drug-likeness (QED) is 0.665. The molecule has 3 heterocycles. The van der Waals surface area contributed by atoms with Crippen LogP contribution in [0, 0.1) is 0 Å². The zero-order chi connectivity index (χ0) is 20.2. The topological polar surface area (TPSA) is 50.9 Å². The van der Waals surface area contributed by atoms with Crippen LogP contribution in [0.5, 0.6) is 0 Å². The average molecular weight is 448 g/mol. The minimum absolute atomic E-state index is 0.181. The van der Waals surface area contributed by atoms with Crippen LogP contribution in [0.15, 0.2) is 41.4 Å². The molecular formula is C22H23Cl2N3OS. The van der Waals surface area contributed by atoms with Gasteiger partial charge in [0.2, 0.25) is 5.96 Å². The summed E-state index contributed by atoms with van der Waals surface area (Å²) in [5.74, 6) is 1.73. The van der Waals surface area contributed by atoms with Gasteiger partial charge in [0.15, 0.2) is 4.87 Å². The molecule has 7 heteroatoms. The van der Waals surface area contributed by atoms with Crippen LogP contribution in [-0.4, -0.2) is 41.0 Å². The monoisotopic (exact) mass is 447 g/mol. The molecule has 2 fully saturated rings. The molecule has 6 rings (SSSR count). The maximum Gasteiger partial charge on any atom is 0.201 e. The Morgan fingerprint density at radius 3 is 2.66 bits per heavy atom. The molecule has 4 nitrogen and oxygen atoms in total. The first kappa shape index (κ1) is 18.4. The zero-order valence-electron chi connectivity index (χ0n) is 16.4. The van der Waals surface area contributed by atoms with Crippen LogP contribution >= 0.6 is 33.4 Å². The van der Waals surface area contributed by atoms with E-state index in [9.17, 15) is 0 Å². The highest BCUT2D eigenvalue weighted by atomic mass is 35.5. The number of aliphatic imine (C=N–C) groups is 1. The van der Waals surface area contributed by atoms with Crippen molar-refractivity contribution in [1.29, 1.82) is 0 Å². The third-order valence-corrected chi connectivity index (χ3v) is 13.4. The highest BCUT2D eigenvalue weighted by Gasteiger charge is 2.92. The lowest BCUT2D eigenvalue weighted by Crippen LogP contribution is -2.41. The van der Waals surface area contributed by atoms with E-state index in [1.807, 2.05) is 19.2 Å². The summed E-state index contributed by atoms with van der Waals surface area (Å²) in [4.78, 5) is 5.01. The standard InChI is InChI=1S/C22H23Cl2N3OS/c1-27-20(25)26-22-19-9-13(15-7-16(23)10-17(24)8-15)3-4-14(19)11-21(22)6-5-18(28-2)12-29(21,22)27/h3-4,7-10,18H,5-6,11-12H2,1-2H3,(H2,25,26). The van der Waals surface area contributed by atoms with Crippen molar-refractivity contribution in [2.45, 2.75) is 35.0 Å². The number of benzene rings is 2. The smallest absolute Gasteiger partial charge is 0.201 e. The molecule has 4 unspecified atom stereocenters. The second kappa shape index (κ2) is 5.64. The molecule has 152 valence electrons. The number of hydrogen-bond acceptors (Lipinski definition) is 4. The SMILES string of the molecule is COC1CCC23Cc4ccc(-c5cc(Cl)cc(Cl)c5)cc4C24N=C(N)N(C)S34C1. The van der Waals surface area contributed by atoms with Crippen molar-refractivity contribution in [3.05, 3.63) is 57.6 Å². The largest absolute Gasteiger partial charge is 0.381 e. The highest BCUT2D eigenvalue weighted by molar-refractivity contribution is 8.40. The Balaban J connectivity index is 1.53. The van der Waals surface area contributed by atoms with E-state index in [2.05, 4.69) is 29.6 Å². The molecular weight excluding hydrogens is 425 g/mol. The van der Waals surface area contributed by atoms with Gasteiger partial charge in [-0.15, -0.1) is 10.2 Å². The summed E-state index contributed by atoms with van der Waals surface area (Å²) in [7, 11) is 2.78. The van der Waals surface area contributed by atoms with Gasteiger partial charge >= 0.3 is 0 Å². The normalized spacial score (nSPS) is 38.4. The molecule has 0 amide bonds. The maximum absolute atomic E-state index is 6.40. The van der Waals surface area contributed by atoms with Crippen molar-refractivity contribution < 1.29 is 4.74 Å². The number of nitrogens with two attached hydrogens (primary N) is 1. The van der Waals surface area contributed by atoms with Crippen LogP contribution in [0.3, 0.4) is 0 Å². The van der Waals surface area contributed by atoms with E-state index in [-0.39, 0.29) is 9.62 Å². The van der Waals surface area contributed by atoms with Crippen molar-refractivity contribution >= 4 is 39.4 Å². The molecule has 0 saturated carbocycles. The molecule has 29 heavy (non-hydrogen) atoms. The second-order valence-electron chi connectivity index (χ2n) is 8.58. The summed E-state index contributed by atoms with van der Waals surface area (Å²) in [6.45, 7) is 0. The predicted molar refractivity (Wildman–Crippen MR) is 122 cm³/mol. The third-order valence-electron chi connectivity index (χ3n) is 7.55. The predicted octanol–water partition coefficient (Wildman–Crippen LogP) is 4.91. The van der Waals surface area contributed by atoms with Gasteiger partial charge in [-0.05, 0) is 65.8 Å². The molecule has 2 aromatic carbocycles. The first-order chi connectivity index (χ1) is 13.9. The van der Waals surface area contributed by atoms with Crippen molar-refractivity contribution in [2.24, 2.45) is 10.7 Å². The molecule has 2 aromatic rings. The lowest BCUT2D eigenvalue weighted by molar-refractivity contribution is 0.106. The van der Waals surface area contributed by atoms with Gasteiger partial charge in [-0.1, -0.05) is 35.3 Å². The molecule has 2 N–H and O–H groups in total. The average Bonchev–Trinajstić information content (AvgIpc) is 2.93. The Morgan fingerprint density at radius 1 is 1.17 bits per heavy atom. The number of methoxy groups -OCH3 is 1. The van der Waals surface area contributed by atoms with Crippen molar-refractivity contribution in [1.82, 2.24) is 4.31 Å². The molecule has 2 saturated heterocycles. The number of rotatable bonds is 2. The van der Waals surface area contributed by atoms with E-state index in [4.69, 9.17) is 38.7 Å². The summed E-state index contributed by atoms with van der Waals surface area (Å²) in [5.41, 5.74) is 11.3. The van der Waals surface area contributed by atoms with Crippen LogP contribution in [0.4, 0.5) is 0 Å². The Morgan fingerprint density at radius 2 is 1.93 bits per heavy atom. The van der Waals surface area contributed by atoms with Crippen LogP contribution in [0.2, 0.25) is 10.0 Å². The fourth-order valence-corrected chi connectivity index (χ4v) is 13.2. The number of halogens is 2. The highest BCUT2D eigenvalue weighted by Crippen LogP contribution is 3.01. The van der Waals surface area contributed by atoms with Gasteiger partial charge < -0.3 is 14.8 Å². The fraction of sp³-hybridized carbons (Fsp3) is 0.409. The summed E-state index contributed by atoms with van der Waals surface area (Å²) in [6, 6.07) is 12.5. The van der Waals surface area contributed by atoms with E-state index in [0.717, 1.165) is 36.1 Å². The summed E-state index contributed by atoms with van der Waals surface area (Å²) >= 11 is 12.5. The lowest BCUT2D eigenvalue weighted by atomic mass is 9.93. The number of nitrogens with zero attached hydrogens (tertiary/aromatic N) is 2. The molecule has 4 aliphatic rings. The van der Waals surface area contributed by atoms with Gasteiger partial charge in [0, 0.05) is 30.0 Å². The minimum atomic E-state index is -1.19. The Bertz CT molecular complexity index is 1090. The summed E-state index contributed by atoms with van der Waals surface area (Å²) in [6.07, 6.45) is 3.63. The van der Waals surface area contributed by atoms with Crippen molar-refractivity contribution in [2.75, 3.05) is 19.9 Å². The lowest BCUT2D eigenvalue weighted by Gasteiger charge is -2.43. The number of ether oxygens (including phenoxy) is 1. The van der Waals surface area contributed by atoms with E-state index in [1.165, 1.54) is 11.1 Å². The molecule has 3 aliphatic heterocycles. The van der Waals surface area contributed by atoms with Gasteiger partial charge in [0.1, 0.15) is 0 Å². The number of guanidine groups is 1. The Labute approximate surface area is 182 Å². The molecule has 1 aliphatic carbocycles. The first-order valence-corrected chi connectivity index (χ1v) is 12.4. The maximum atomic E-state index is 6.40. The van der Waals surface area contributed by atoms with Crippen molar-refractivity contribution in [3.63, 3.8) is 0 Å². The van der Waals surface area contributed by atoms with E-state index >= 15 is 0 Å². The molecule has 0 radical (unpaired) electrons. The van der Waals surface area contributed by atoms with E-state index in [0.29, 0.717) is 22.1 Å². The summed E-state index contributed by atoms with van der Waals surface area (Å²) in [5, 5.41) is 1.30. The molecule has 3 spiro atoms. The van der Waals surface area contributed by atoms with Gasteiger partial charge in [-0.3, -0.25) is 0 Å². The minimum Gasteiger partial charge on any atom is -0.381 e. The van der Waals surface area contributed by atoms with E-state index in [1.54, 1.807) is 6.07 Å². The molecule has 0 aromatic heterocycles. The second-order valence-corrected chi connectivity index (χ2v) is 13.1. The Kier molecular flexibility index (Phi) is 3.57. The zero-order valence-corrected chi connectivity index (χ0v) is 18.7. The van der Waals surface area contributed by atoms with Gasteiger partial charge in [0.05, 0.1) is 10.9 Å². The molecule has 0 bridgehead atoms. The number of fused-ring (bicyclic) bond motifs is 1. The van der Waals surface area contributed by atoms with Crippen LogP contribution in [-0.2, 0) is 16.0 Å². The van der Waals surface area contributed by atoms with Crippen molar-refractivity contribution in [3.8, 4) is 11.1 Å². The fourth-order valence-electron chi connectivity index (χ4n) is 6.34. The molecule has 4 atom stereocenters. The van der Waals surface area contributed by atoms with Crippen LogP contribution < -0.4 is 5.73 Å². The van der Waals surface area contributed by atoms with Crippen LogP contribution in [0.25, 0.3) is 11.1 Å². The Hall–Kier alpha value is -1.40. The van der Waals surface area contributed by atoms with Gasteiger partial charge in [-0.2, -0.15) is 0 Å². The number of hydrogen-bond donors (Lipinski definition) is 1.